The Labute approximate surface area is 103 Å². The number of hydrogen-bond acceptors (Lipinski definition) is 4. The highest BCUT2D eigenvalue weighted by atomic mass is 19.1. The van der Waals surface area contributed by atoms with Gasteiger partial charge < -0.3 is 5.32 Å². The maximum Gasteiger partial charge on any atom is 0.219 e. The summed E-state index contributed by atoms with van der Waals surface area (Å²) in [7, 11) is 0. The molecule has 0 aliphatic rings. The summed E-state index contributed by atoms with van der Waals surface area (Å²) < 4.78 is 13.8. The molecule has 0 unspecified atom stereocenters. The minimum absolute atomic E-state index is 0.0704. The molecule has 1 heterocycles. The molecule has 0 fully saturated rings. The molecule has 0 bridgehead atoms. The third-order valence-electron chi connectivity index (χ3n) is 2.44. The predicted octanol–water partition coefficient (Wildman–Crippen LogP) is 1.03. The van der Waals surface area contributed by atoms with Gasteiger partial charge in [-0.3, -0.25) is 4.79 Å². The zero-order valence-electron chi connectivity index (χ0n) is 9.77. The Kier molecular flexibility index (Phi) is 3.61. The van der Waals surface area contributed by atoms with E-state index in [1.54, 1.807) is 19.1 Å². The summed E-state index contributed by atoms with van der Waals surface area (Å²) in [4.78, 5) is 11.1. The molecule has 2 aromatic rings. The molecule has 0 atom stereocenters. The number of nitrogens with one attached hydrogen (secondary N) is 2. The number of rotatable bonds is 4. The van der Waals surface area contributed by atoms with Crippen LogP contribution in [0.4, 0.5) is 4.39 Å². The third-order valence-corrected chi connectivity index (χ3v) is 2.44. The monoisotopic (exact) mass is 249 g/mol. The van der Waals surface area contributed by atoms with E-state index in [0.717, 1.165) is 0 Å². The number of hydrogen-bond donors (Lipinski definition) is 2. The minimum Gasteiger partial charge on any atom is -0.352 e. The fourth-order valence-corrected chi connectivity index (χ4v) is 1.46. The number of nitrogens with zero attached hydrogens (tertiary/aromatic N) is 3. The lowest BCUT2D eigenvalue weighted by Crippen LogP contribution is -2.21. The van der Waals surface area contributed by atoms with Crippen molar-refractivity contribution >= 4 is 5.91 Å². The Hall–Kier alpha value is -2.31. The molecule has 0 aliphatic carbocycles. The van der Waals surface area contributed by atoms with Crippen LogP contribution in [0.3, 0.4) is 0 Å². The first kappa shape index (κ1) is 12.2. The molecule has 1 aromatic heterocycles. The molecule has 0 saturated heterocycles. The van der Waals surface area contributed by atoms with E-state index in [0.29, 0.717) is 24.1 Å². The van der Waals surface area contributed by atoms with Crippen molar-refractivity contribution in [3.63, 3.8) is 0 Å². The van der Waals surface area contributed by atoms with Gasteiger partial charge in [0, 0.05) is 13.0 Å². The predicted molar refractivity (Wildman–Crippen MR) is 61.7 cm³/mol. The maximum absolute atomic E-state index is 13.8. The summed E-state index contributed by atoms with van der Waals surface area (Å²) in [5.74, 6) is -0.229. The van der Waals surface area contributed by atoms with Crippen molar-refractivity contribution in [2.75, 3.05) is 0 Å². The van der Waals surface area contributed by atoms with Crippen molar-refractivity contribution in [1.82, 2.24) is 25.9 Å². The van der Waals surface area contributed by atoms with Crippen LogP contribution in [0, 0.1) is 5.82 Å². The number of amides is 1. The van der Waals surface area contributed by atoms with Crippen LogP contribution in [0.2, 0.25) is 0 Å². The quantitative estimate of drug-likeness (QED) is 0.847. The van der Waals surface area contributed by atoms with Gasteiger partial charge in [0.25, 0.3) is 0 Å². The average molecular weight is 249 g/mol. The van der Waals surface area contributed by atoms with E-state index in [1.807, 2.05) is 0 Å². The van der Waals surface area contributed by atoms with Gasteiger partial charge in [-0.15, -0.1) is 5.10 Å². The van der Waals surface area contributed by atoms with Gasteiger partial charge in [0.15, 0.2) is 5.82 Å². The number of benzene rings is 1. The van der Waals surface area contributed by atoms with Crippen LogP contribution in [0.25, 0.3) is 11.4 Å². The zero-order valence-corrected chi connectivity index (χ0v) is 9.77. The summed E-state index contributed by atoms with van der Waals surface area (Å²) in [6.07, 6.45) is 0.407. The van der Waals surface area contributed by atoms with Crippen LogP contribution < -0.4 is 5.32 Å². The fourth-order valence-electron chi connectivity index (χ4n) is 1.46. The van der Waals surface area contributed by atoms with Gasteiger partial charge in [0.1, 0.15) is 5.82 Å². The minimum atomic E-state index is -0.434. The first-order valence-electron chi connectivity index (χ1n) is 5.50. The lowest BCUT2D eigenvalue weighted by atomic mass is 10.1. The SMILES string of the molecule is CCC(=O)NCc1ccc(-c2nnn[nH]2)c(F)c1. The van der Waals surface area contributed by atoms with E-state index in [4.69, 9.17) is 0 Å². The summed E-state index contributed by atoms with van der Waals surface area (Å²) in [5.41, 5.74) is 0.982. The Morgan fingerprint density at radius 1 is 1.50 bits per heavy atom. The first-order chi connectivity index (χ1) is 8.70. The first-order valence-corrected chi connectivity index (χ1v) is 5.50. The molecule has 1 aromatic carbocycles. The van der Waals surface area contributed by atoms with Crippen LogP contribution >= 0.6 is 0 Å². The molecule has 6 nitrogen and oxygen atoms in total. The Morgan fingerprint density at radius 2 is 2.33 bits per heavy atom. The second-order valence-corrected chi connectivity index (χ2v) is 3.69. The lowest BCUT2D eigenvalue weighted by Gasteiger charge is -2.05. The molecule has 94 valence electrons. The van der Waals surface area contributed by atoms with Gasteiger partial charge in [-0.1, -0.05) is 13.0 Å². The molecule has 2 N–H and O–H groups in total. The van der Waals surface area contributed by atoms with Gasteiger partial charge >= 0.3 is 0 Å². The summed E-state index contributed by atoms with van der Waals surface area (Å²) in [5, 5.41) is 15.6. The highest BCUT2D eigenvalue weighted by Crippen LogP contribution is 2.19. The van der Waals surface area contributed by atoms with Gasteiger partial charge in [-0.25, -0.2) is 9.49 Å². The highest BCUT2D eigenvalue weighted by molar-refractivity contribution is 5.75. The third kappa shape index (κ3) is 2.68. The van der Waals surface area contributed by atoms with Crippen molar-refractivity contribution in [2.45, 2.75) is 19.9 Å². The molecule has 18 heavy (non-hydrogen) atoms. The van der Waals surface area contributed by atoms with Gasteiger partial charge in [0.05, 0.1) is 5.56 Å². The summed E-state index contributed by atoms with van der Waals surface area (Å²) in [6.45, 7) is 2.06. The van der Waals surface area contributed by atoms with Gasteiger partial charge in [-0.05, 0) is 28.1 Å². The van der Waals surface area contributed by atoms with E-state index in [-0.39, 0.29) is 11.7 Å². The van der Waals surface area contributed by atoms with Gasteiger partial charge in [-0.2, -0.15) is 0 Å². The van der Waals surface area contributed by atoms with Crippen molar-refractivity contribution < 1.29 is 9.18 Å². The number of H-pyrrole nitrogens is 1. The fraction of sp³-hybridized carbons (Fsp3) is 0.273. The highest BCUT2D eigenvalue weighted by Gasteiger charge is 2.09. The number of tetrazole rings is 1. The molecular formula is C11H12FN5O. The van der Waals surface area contributed by atoms with E-state index < -0.39 is 5.82 Å². The number of aromatic nitrogens is 4. The molecule has 2 rings (SSSR count). The Morgan fingerprint density at radius 3 is 2.94 bits per heavy atom. The normalized spacial score (nSPS) is 10.3. The van der Waals surface area contributed by atoms with Crippen LogP contribution in [0.5, 0.6) is 0 Å². The lowest BCUT2D eigenvalue weighted by molar-refractivity contribution is -0.120. The zero-order chi connectivity index (χ0) is 13.0. The van der Waals surface area contributed by atoms with Crippen LogP contribution in [-0.4, -0.2) is 26.5 Å². The molecule has 1 amide bonds. The van der Waals surface area contributed by atoms with Crippen LogP contribution in [0.1, 0.15) is 18.9 Å². The van der Waals surface area contributed by atoms with Crippen LogP contribution in [-0.2, 0) is 11.3 Å². The molecule has 0 radical (unpaired) electrons. The smallest absolute Gasteiger partial charge is 0.219 e. The standard InChI is InChI=1S/C11H12FN5O/c1-2-10(18)13-6-7-3-4-8(9(12)5-7)11-14-16-17-15-11/h3-5H,2,6H2,1H3,(H,13,18)(H,14,15,16,17). The van der Waals surface area contributed by atoms with E-state index in [9.17, 15) is 9.18 Å². The molecule has 0 aliphatic heterocycles. The van der Waals surface area contributed by atoms with E-state index in [2.05, 4.69) is 25.9 Å². The number of aromatic amines is 1. The average Bonchev–Trinajstić information content (AvgIpc) is 2.89. The molecular weight excluding hydrogens is 237 g/mol. The summed E-state index contributed by atoms with van der Waals surface area (Å²) >= 11 is 0. The second-order valence-electron chi connectivity index (χ2n) is 3.69. The maximum atomic E-state index is 13.8. The number of carbonyl (C=O) groups is 1. The number of carbonyl (C=O) groups excluding carboxylic acids is 1. The Balaban J connectivity index is 2.13. The van der Waals surface area contributed by atoms with Crippen LogP contribution in [0.15, 0.2) is 18.2 Å². The Bertz CT molecular complexity index is 540. The summed E-state index contributed by atoms with van der Waals surface area (Å²) in [6, 6.07) is 4.65. The molecule has 0 saturated carbocycles. The molecule has 7 heteroatoms. The topological polar surface area (TPSA) is 83.6 Å². The number of halogens is 1. The largest absolute Gasteiger partial charge is 0.352 e. The van der Waals surface area contributed by atoms with Crippen molar-refractivity contribution in [3.8, 4) is 11.4 Å². The molecule has 0 spiro atoms. The van der Waals surface area contributed by atoms with Crippen molar-refractivity contribution in [2.24, 2.45) is 0 Å². The van der Waals surface area contributed by atoms with E-state index >= 15 is 0 Å². The van der Waals surface area contributed by atoms with Crippen molar-refractivity contribution in [1.29, 1.82) is 0 Å². The van der Waals surface area contributed by atoms with Gasteiger partial charge in [0.2, 0.25) is 5.91 Å². The van der Waals surface area contributed by atoms with E-state index in [1.165, 1.54) is 6.07 Å². The second kappa shape index (κ2) is 5.35. The van der Waals surface area contributed by atoms with Crippen molar-refractivity contribution in [3.05, 3.63) is 29.6 Å².